The van der Waals surface area contributed by atoms with Crippen molar-refractivity contribution in [3.05, 3.63) is 46.3 Å². The smallest absolute Gasteiger partial charge is 0.252 e. The number of primary amides is 1. The Morgan fingerprint density at radius 3 is 2.72 bits per heavy atom. The van der Waals surface area contributed by atoms with Crippen molar-refractivity contribution in [2.24, 2.45) is 11.7 Å². The molecule has 0 bridgehead atoms. The molecule has 200 valence electrons. The van der Waals surface area contributed by atoms with Crippen molar-refractivity contribution in [2.45, 2.75) is 75.5 Å². The number of hydrogen-bond acceptors (Lipinski definition) is 6. The molecule has 2 unspecified atom stereocenters. The van der Waals surface area contributed by atoms with E-state index in [2.05, 4.69) is 19.2 Å². The number of unbranched alkanes of at least 4 members (excludes halogenated alkanes) is 1. The van der Waals surface area contributed by atoms with Gasteiger partial charge >= 0.3 is 0 Å². The van der Waals surface area contributed by atoms with Crippen molar-refractivity contribution in [2.75, 3.05) is 26.7 Å². The van der Waals surface area contributed by atoms with Crippen LogP contribution in [0.4, 0.5) is 0 Å². The van der Waals surface area contributed by atoms with Crippen molar-refractivity contribution in [3.63, 3.8) is 0 Å². The molecule has 0 spiro atoms. The van der Waals surface area contributed by atoms with Gasteiger partial charge in [-0.25, -0.2) is 8.42 Å². The fourth-order valence-electron chi connectivity index (χ4n) is 4.85. The first-order valence-electron chi connectivity index (χ1n) is 13.1. The monoisotopic (exact) mass is 535 g/mol. The standard InChI is InChI=1S/C27H41N3O4S2/c1-4-6-9-20(5-2)19-29-21-10-8-16-30(17-15-21)36(32,33)26-14-13-22(35-26)18-24-23(27(28)31)11-7-12-25(24)34-3/h7,11-14,20-21,29H,4-6,8-10,15-19H2,1-3H3,(H2,28,31). The van der Waals surface area contributed by atoms with E-state index in [4.69, 9.17) is 10.5 Å². The van der Waals surface area contributed by atoms with Crippen LogP contribution < -0.4 is 15.8 Å². The van der Waals surface area contributed by atoms with Gasteiger partial charge in [0.05, 0.1) is 7.11 Å². The summed E-state index contributed by atoms with van der Waals surface area (Å²) in [5, 5.41) is 3.72. The molecule has 1 saturated heterocycles. The molecule has 0 aliphatic carbocycles. The van der Waals surface area contributed by atoms with Gasteiger partial charge in [-0.3, -0.25) is 4.79 Å². The third-order valence-electron chi connectivity index (χ3n) is 7.13. The highest BCUT2D eigenvalue weighted by molar-refractivity contribution is 7.91. The summed E-state index contributed by atoms with van der Waals surface area (Å²) < 4.78 is 34.3. The minimum Gasteiger partial charge on any atom is -0.496 e. The normalized spacial score (nSPS) is 18.0. The highest BCUT2D eigenvalue weighted by atomic mass is 32.2. The fraction of sp³-hybridized carbons (Fsp3) is 0.593. The molecule has 3 N–H and O–H groups in total. The van der Waals surface area contributed by atoms with E-state index < -0.39 is 15.9 Å². The Kier molecular flexibility index (Phi) is 10.8. The number of ether oxygens (including phenoxy) is 1. The number of nitrogens with one attached hydrogen (secondary N) is 1. The highest BCUT2D eigenvalue weighted by Crippen LogP contribution is 2.31. The molecule has 1 aliphatic rings. The molecule has 1 aromatic heterocycles. The van der Waals surface area contributed by atoms with Crippen LogP contribution in [0.2, 0.25) is 0 Å². The van der Waals surface area contributed by atoms with E-state index in [1.807, 2.05) is 6.07 Å². The SMILES string of the molecule is CCCCC(CC)CNC1CCCN(S(=O)(=O)c2ccc(Cc3c(OC)cccc3C(N)=O)s2)CC1. The predicted octanol–water partition coefficient (Wildman–Crippen LogP) is 4.80. The summed E-state index contributed by atoms with van der Waals surface area (Å²) in [6.07, 6.45) is 7.97. The lowest BCUT2D eigenvalue weighted by Gasteiger charge is -2.22. The Hall–Kier alpha value is -1.94. The second-order valence-electron chi connectivity index (χ2n) is 9.60. The van der Waals surface area contributed by atoms with Gasteiger partial charge < -0.3 is 15.8 Å². The maximum atomic E-state index is 13.5. The number of hydrogen-bond donors (Lipinski definition) is 2. The van der Waals surface area contributed by atoms with Crippen LogP contribution in [0.1, 0.15) is 79.6 Å². The molecule has 0 radical (unpaired) electrons. The van der Waals surface area contributed by atoms with E-state index in [0.717, 1.165) is 30.7 Å². The van der Waals surface area contributed by atoms with E-state index in [1.165, 1.54) is 37.0 Å². The Labute approximate surface area is 220 Å². The molecule has 2 atom stereocenters. The Bertz CT molecular complexity index is 1100. The summed E-state index contributed by atoms with van der Waals surface area (Å²) in [7, 11) is -2.02. The van der Waals surface area contributed by atoms with Crippen LogP contribution in [-0.2, 0) is 16.4 Å². The van der Waals surface area contributed by atoms with Crippen LogP contribution in [0.25, 0.3) is 0 Å². The lowest BCUT2D eigenvalue weighted by Crippen LogP contribution is -2.35. The van der Waals surface area contributed by atoms with E-state index in [-0.39, 0.29) is 0 Å². The van der Waals surface area contributed by atoms with Crippen molar-refractivity contribution in [1.29, 1.82) is 0 Å². The first-order chi connectivity index (χ1) is 17.3. The molecule has 1 aliphatic heterocycles. The first-order valence-corrected chi connectivity index (χ1v) is 15.3. The molecule has 36 heavy (non-hydrogen) atoms. The number of rotatable bonds is 13. The van der Waals surface area contributed by atoms with Gasteiger partial charge in [0.25, 0.3) is 10.0 Å². The van der Waals surface area contributed by atoms with Gasteiger partial charge in [0.15, 0.2) is 0 Å². The van der Waals surface area contributed by atoms with Gasteiger partial charge in [0.2, 0.25) is 5.91 Å². The van der Waals surface area contributed by atoms with Gasteiger partial charge in [-0.1, -0.05) is 39.2 Å². The summed E-state index contributed by atoms with van der Waals surface area (Å²) in [5.41, 5.74) is 6.62. The topological polar surface area (TPSA) is 102 Å². The minimum absolute atomic E-state index is 0.338. The minimum atomic E-state index is -3.57. The second kappa shape index (κ2) is 13.6. The number of nitrogens with zero attached hydrogens (tertiary/aromatic N) is 1. The summed E-state index contributed by atoms with van der Waals surface area (Å²) in [5.74, 6) is 0.725. The van der Waals surface area contributed by atoms with Gasteiger partial charge in [-0.15, -0.1) is 11.3 Å². The molecule has 2 heterocycles. The average molecular weight is 536 g/mol. The number of nitrogens with two attached hydrogens (primary N) is 1. The Morgan fingerprint density at radius 1 is 1.22 bits per heavy atom. The van der Waals surface area contributed by atoms with Gasteiger partial charge in [0, 0.05) is 41.6 Å². The first kappa shape index (κ1) is 28.6. The van der Waals surface area contributed by atoms with E-state index >= 15 is 0 Å². The molecule has 0 saturated carbocycles. The third-order valence-corrected chi connectivity index (χ3v) is 10.6. The third kappa shape index (κ3) is 7.31. The van der Waals surface area contributed by atoms with Crippen LogP contribution in [0, 0.1) is 5.92 Å². The maximum Gasteiger partial charge on any atom is 0.252 e. The van der Waals surface area contributed by atoms with Gasteiger partial charge in [-0.2, -0.15) is 4.31 Å². The molecular formula is C27H41N3O4S2. The van der Waals surface area contributed by atoms with Gasteiger partial charge in [0.1, 0.15) is 9.96 Å². The predicted molar refractivity (Wildman–Crippen MR) is 146 cm³/mol. The lowest BCUT2D eigenvalue weighted by atomic mass is 9.98. The fourth-order valence-corrected chi connectivity index (χ4v) is 7.87. The summed E-state index contributed by atoms with van der Waals surface area (Å²) in [4.78, 5) is 12.8. The van der Waals surface area contributed by atoms with E-state index in [9.17, 15) is 13.2 Å². The number of amides is 1. The van der Waals surface area contributed by atoms with Crippen molar-refractivity contribution < 1.29 is 17.9 Å². The highest BCUT2D eigenvalue weighted by Gasteiger charge is 2.29. The number of carbonyl (C=O) groups excluding carboxylic acids is 1. The zero-order chi connectivity index (χ0) is 26.1. The summed E-state index contributed by atoms with van der Waals surface area (Å²) in [6, 6.07) is 9.02. The Morgan fingerprint density at radius 2 is 2.03 bits per heavy atom. The van der Waals surface area contributed by atoms with Crippen molar-refractivity contribution in [1.82, 2.24) is 9.62 Å². The van der Waals surface area contributed by atoms with Crippen molar-refractivity contribution >= 4 is 27.3 Å². The van der Waals surface area contributed by atoms with Crippen molar-refractivity contribution in [3.8, 4) is 5.75 Å². The zero-order valence-electron chi connectivity index (χ0n) is 21.8. The molecule has 9 heteroatoms. The molecule has 7 nitrogen and oxygen atoms in total. The molecule has 1 amide bonds. The number of sulfonamides is 1. The number of benzene rings is 1. The molecular weight excluding hydrogens is 494 g/mol. The number of methoxy groups -OCH3 is 1. The van der Waals surface area contributed by atoms with Crippen LogP contribution >= 0.6 is 11.3 Å². The quantitative estimate of drug-likeness (QED) is 0.384. The van der Waals surface area contributed by atoms with Crippen LogP contribution in [0.5, 0.6) is 5.75 Å². The Balaban J connectivity index is 1.65. The van der Waals surface area contributed by atoms with Gasteiger partial charge in [-0.05, 0) is 62.4 Å². The van der Waals surface area contributed by atoms with Crippen LogP contribution in [-0.4, -0.2) is 51.4 Å². The number of thiophene rings is 1. The molecule has 1 aromatic carbocycles. The average Bonchev–Trinajstić information content (AvgIpc) is 3.21. The number of carbonyl (C=O) groups is 1. The molecule has 2 aromatic rings. The molecule has 1 fully saturated rings. The maximum absolute atomic E-state index is 13.5. The zero-order valence-corrected chi connectivity index (χ0v) is 23.4. The summed E-state index contributed by atoms with van der Waals surface area (Å²) in [6.45, 7) is 6.56. The van der Waals surface area contributed by atoms with E-state index in [0.29, 0.717) is 52.6 Å². The lowest BCUT2D eigenvalue weighted by molar-refractivity contribution is 0.0999. The van der Waals surface area contributed by atoms with Crippen LogP contribution in [0.15, 0.2) is 34.5 Å². The van der Waals surface area contributed by atoms with Crippen LogP contribution in [0.3, 0.4) is 0 Å². The largest absolute Gasteiger partial charge is 0.496 e. The molecule has 3 rings (SSSR count). The second-order valence-corrected chi connectivity index (χ2v) is 12.9. The summed E-state index contributed by atoms with van der Waals surface area (Å²) >= 11 is 1.25. The van der Waals surface area contributed by atoms with E-state index in [1.54, 1.807) is 35.7 Å².